The van der Waals surface area contributed by atoms with Crippen molar-refractivity contribution >= 4 is 38.5 Å². The molecular weight excluding hydrogens is 492 g/mol. The van der Waals surface area contributed by atoms with Gasteiger partial charge in [0.25, 0.3) is 11.1 Å². The third-order valence-electron chi connectivity index (χ3n) is 4.90. The Bertz CT molecular complexity index is 1420. The number of anilines is 1. The van der Waals surface area contributed by atoms with Gasteiger partial charge in [0.05, 0.1) is 5.25 Å². The summed E-state index contributed by atoms with van der Waals surface area (Å²) in [6, 6.07) is 14.3. The van der Waals surface area contributed by atoms with Crippen LogP contribution in [0.2, 0.25) is 0 Å². The quantitative estimate of drug-likeness (QED) is 0.354. The van der Waals surface area contributed by atoms with Gasteiger partial charge in [0, 0.05) is 11.5 Å². The Hall–Kier alpha value is -3.95. The van der Waals surface area contributed by atoms with E-state index in [0.29, 0.717) is 29.4 Å². The third-order valence-corrected chi connectivity index (χ3v) is 7.58. The highest BCUT2D eigenvalue weighted by Crippen LogP contribution is 2.32. The summed E-state index contributed by atoms with van der Waals surface area (Å²) in [5.41, 5.74) is 1.35. The summed E-state index contributed by atoms with van der Waals surface area (Å²) < 4.78 is 44.5. The number of nitrogens with one attached hydrogen (secondary N) is 1. The third kappa shape index (κ3) is 5.59. The van der Waals surface area contributed by atoms with Crippen LogP contribution in [0.5, 0.6) is 17.2 Å². The van der Waals surface area contributed by atoms with Gasteiger partial charge in [-0.1, -0.05) is 18.2 Å². The zero-order chi connectivity index (χ0) is 25.0. The van der Waals surface area contributed by atoms with Gasteiger partial charge >= 0.3 is 0 Å². The fraction of sp³-hybridized carbons (Fsp3) is 0.217. The molecule has 1 aliphatic heterocycles. The zero-order valence-electron chi connectivity index (χ0n) is 18.7. The Morgan fingerprint density at radius 1 is 1.23 bits per heavy atom. The Balaban J connectivity index is 1.38. The topological polar surface area (TPSA) is 140 Å². The largest absolute Gasteiger partial charge is 0.489 e. The Kier molecular flexibility index (Phi) is 6.99. The van der Waals surface area contributed by atoms with Gasteiger partial charge in [-0.25, -0.2) is 8.42 Å². The standard InChI is InChI=1S/C23H20N4O6S2/c1-14(2)35(29,30)23-26-22(34-27-23)25-21(28)17(11-24)9-15-3-6-18(7-4-15)31-12-16-5-8-19-20(10-16)33-13-32-19/h3-10,14H,12-13H2,1-2H3,(H,25,26,27,28)/b17-9-. The highest BCUT2D eigenvalue weighted by molar-refractivity contribution is 7.91. The number of aromatic nitrogens is 2. The molecule has 4 rings (SSSR count). The number of ether oxygens (including phenoxy) is 3. The van der Waals surface area contributed by atoms with E-state index in [9.17, 15) is 18.5 Å². The Morgan fingerprint density at radius 3 is 2.69 bits per heavy atom. The predicted octanol–water partition coefficient (Wildman–Crippen LogP) is 3.57. The van der Waals surface area contributed by atoms with E-state index in [4.69, 9.17) is 14.2 Å². The summed E-state index contributed by atoms with van der Waals surface area (Å²) >= 11 is 0.728. The monoisotopic (exact) mass is 512 g/mol. The number of benzene rings is 2. The van der Waals surface area contributed by atoms with E-state index >= 15 is 0 Å². The fourth-order valence-corrected chi connectivity index (χ4v) is 4.62. The molecule has 180 valence electrons. The lowest BCUT2D eigenvalue weighted by Gasteiger charge is -2.07. The minimum absolute atomic E-state index is 0.0114. The maximum atomic E-state index is 12.5. The number of nitriles is 1. The number of nitrogens with zero attached hydrogens (tertiary/aromatic N) is 3. The molecule has 1 aromatic heterocycles. The van der Waals surface area contributed by atoms with Crippen molar-refractivity contribution in [3.63, 3.8) is 0 Å². The molecule has 35 heavy (non-hydrogen) atoms. The van der Waals surface area contributed by atoms with Gasteiger partial charge < -0.3 is 14.2 Å². The second-order valence-corrected chi connectivity index (χ2v) is 10.8. The van der Waals surface area contributed by atoms with Crippen molar-refractivity contribution < 1.29 is 27.4 Å². The van der Waals surface area contributed by atoms with E-state index in [1.54, 1.807) is 24.3 Å². The molecule has 0 fully saturated rings. The maximum absolute atomic E-state index is 12.5. The first kappa shape index (κ1) is 24.2. The second-order valence-electron chi connectivity index (χ2n) is 7.65. The molecule has 0 radical (unpaired) electrons. The van der Waals surface area contributed by atoms with Gasteiger partial charge in [-0.3, -0.25) is 10.1 Å². The molecule has 3 aromatic rings. The first-order valence-corrected chi connectivity index (χ1v) is 12.7. The minimum atomic E-state index is -3.66. The molecule has 1 aliphatic rings. The molecule has 0 bridgehead atoms. The lowest BCUT2D eigenvalue weighted by atomic mass is 10.1. The van der Waals surface area contributed by atoms with Crippen LogP contribution in [0.3, 0.4) is 0 Å². The van der Waals surface area contributed by atoms with Crippen molar-refractivity contribution in [3.05, 3.63) is 59.2 Å². The summed E-state index contributed by atoms with van der Waals surface area (Å²) in [6.45, 7) is 3.56. The number of amides is 1. The van der Waals surface area contributed by atoms with E-state index in [2.05, 4.69) is 14.7 Å². The number of sulfone groups is 1. The number of fused-ring (bicyclic) bond motifs is 1. The first-order chi connectivity index (χ1) is 16.8. The van der Waals surface area contributed by atoms with E-state index in [-0.39, 0.29) is 22.7 Å². The van der Waals surface area contributed by atoms with Gasteiger partial charge in [-0.2, -0.15) is 14.6 Å². The van der Waals surface area contributed by atoms with Crippen molar-refractivity contribution in [2.75, 3.05) is 12.1 Å². The van der Waals surface area contributed by atoms with E-state index in [1.165, 1.54) is 19.9 Å². The van der Waals surface area contributed by atoms with Gasteiger partial charge in [0.2, 0.25) is 21.8 Å². The van der Waals surface area contributed by atoms with Crippen LogP contribution >= 0.6 is 11.5 Å². The first-order valence-electron chi connectivity index (χ1n) is 10.4. The molecular formula is C23H20N4O6S2. The second kappa shape index (κ2) is 10.1. The SMILES string of the molecule is CC(C)S(=O)(=O)c1nsc(NC(=O)/C(C#N)=C\c2ccc(OCc3ccc4c(c3)OCO4)cc2)n1. The summed E-state index contributed by atoms with van der Waals surface area (Å²) in [7, 11) is -3.66. The van der Waals surface area contributed by atoms with E-state index in [1.807, 2.05) is 24.3 Å². The molecule has 10 nitrogen and oxygen atoms in total. The molecule has 1 N–H and O–H groups in total. The van der Waals surface area contributed by atoms with Crippen molar-refractivity contribution in [2.45, 2.75) is 30.9 Å². The average Bonchev–Trinajstić information content (AvgIpc) is 3.51. The number of hydrogen-bond donors (Lipinski definition) is 1. The van der Waals surface area contributed by atoms with Crippen LogP contribution in [0.1, 0.15) is 25.0 Å². The predicted molar refractivity (Wildman–Crippen MR) is 128 cm³/mol. The molecule has 0 saturated carbocycles. The molecule has 2 aromatic carbocycles. The van der Waals surface area contributed by atoms with Crippen LogP contribution in [0, 0.1) is 11.3 Å². The highest BCUT2D eigenvalue weighted by Gasteiger charge is 2.25. The van der Waals surface area contributed by atoms with E-state index < -0.39 is 21.0 Å². The summed E-state index contributed by atoms with van der Waals surface area (Å²) in [5.74, 6) is 1.27. The van der Waals surface area contributed by atoms with Gasteiger partial charge in [-0.05, 0) is 55.3 Å². The van der Waals surface area contributed by atoms with Crippen LogP contribution in [0.4, 0.5) is 5.13 Å². The van der Waals surface area contributed by atoms with Crippen molar-refractivity contribution in [1.82, 2.24) is 9.36 Å². The lowest BCUT2D eigenvalue weighted by Crippen LogP contribution is -2.16. The fourth-order valence-electron chi connectivity index (χ4n) is 2.92. The molecule has 1 amide bonds. The van der Waals surface area contributed by atoms with Crippen LogP contribution in [-0.2, 0) is 21.2 Å². The van der Waals surface area contributed by atoms with Crippen LogP contribution in [0.25, 0.3) is 6.08 Å². The number of rotatable bonds is 8. The maximum Gasteiger partial charge on any atom is 0.268 e. The Morgan fingerprint density at radius 2 is 1.97 bits per heavy atom. The smallest absolute Gasteiger partial charge is 0.268 e. The highest BCUT2D eigenvalue weighted by atomic mass is 32.2. The molecule has 0 saturated heterocycles. The van der Waals surface area contributed by atoms with Gasteiger partial charge in [0.1, 0.15) is 24.0 Å². The number of carbonyl (C=O) groups excluding carboxylic acids is 1. The van der Waals surface area contributed by atoms with Crippen LogP contribution < -0.4 is 19.5 Å². The molecule has 0 aliphatic carbocycles. The summed E-state index contributed by atoms with van der Waals surface area (Å²) in [4.78, 5) is 16.4. The molecule has 0 spiro atoms. The Labute approximate surface area is 205 Å². The van der Waals surface area contributed by atoms with Crippen molar-refractivity contribution in [1.29, 1.82) is 5.26 Å². The average molecular weight is 513 g/mol. The normalized spacial score (nSPS) is 12.9. The number of carbonyl (C=O) groups is 1. The van der Waals surface area contributed by atoms with Crippen molar-refractivity contribution in [3.8, 4) is 23.3 Å². The summed E-state index contributed by atoms with van der Waals surface area (Å²) in [6.07, 6.45) is 1.41. The molecule has 0 atom stereocenters. The lowest BCUT2D eigenvalue weighted by molar-refractivity contribution is -0.112. The van der Waals surface area contributed by atoms with E-state index in [0.717, 1.165) is 17.1 Å². The van der Waals surface area contributed by atoms with Crippen LogP contribution in [-0.4, -0.2) is 35.7 Å². The number of hydrogen-bond acceptors (Lipinski definition) is 10. The van der Waals surface area contributed by atoms with Crippen LogP contribution in [0.15, 0.2) is 53.2 Å². The van der Waals surface area contributed by atoms with Gasteiger partial charge in [0.15, 0.2) is 11.5 Å². The summed E-state index contributed by atoms with van der Waals surface area (Å²) in [5, 5.41) is 10.8. The molecule has 0 unspecified atom stereocenters. The zero-order valence-corrected chi connectivity index (χ0v) is 20.4. The minimum Gasteiger partial charge on any atom is -0.489 e. The van der Waals surface area contributed by atoms with Gasteiger partial charge in [-0.15, -0.1) is 0 Å². The molecule has 12 heteroatoms. The molecule has 2 heterocycles. The van der Waals surface area contributed by atoms with Crippen molar-refractivity contribution in [2.24, 2.45) is 0 Å².